The largest absolute Gasteiger partial charge is 0.456 e. The van der Waals surface area contributed by atoms with Crippen molar-refractivity contribution in [3.8, 4) is 33.4 Å². The summed E-state index contributed by atoms with van der Waals surface area (Å²) in [6.45, 7) is 0. The van der Waals surface area contributed by atoms with Crippen LogP contribution in [0.15, 0.2) is 186 Å². The number of hydrogen-bond donors (Lipinski definition) is 0. The molecule has 236 valence electrons. The van der Waals surface area contributed by atoms with Crippen LogP contribution >= 0.6 is 0 Å². The quantitative estimate of drug-likeness (QED) is 0.138. The number of benzene rings is 10. The number of para-hydroxylation sites is 1. The van der Waals surface area contributed by atoms with Gasteiger partial charge in [0.1, 0.15) is 11.2 Å². The Labute approximate surface area is 294 Å². The molecule has 0 N–H and O–H groups in total. The third-order valence-corrected chi connectivity index (χ3v) is 10.8. The topological polar surface area (TPSA) is 13.1 Å². The molecule has 0 saturated carbocycles. The Bertz CT molecular complexity index is 3140. The summed E-state index contributed by atoms with van der Waals surface area (Å²) in [5.74, 6) is 0. The van der Waals surface area contributed by atoms with Crippen molar-refractivity contribution in [1.82, 2.24) is 0 Å². The van der Waals surface area contributed by atoms with Gasteiger partial charge in [-0.15, -0.1) is 0 Å². The average molecular weight is 647 g/mol. The summed E-state index contributed by atoms with van der Waals surface area (Å²) in [6, 6.07) is 66.5. The van der Waals surface area contributed by atoms with Crippen molar-refractivity contribution < 1.29 is 4.42 Å². The zero-order valence-corrected chi connectivity index (χ0v) is 27.7. The average Bonchev–Trinajstić information content (AvgIpc) is 3.57. The number of fused-ring (bicyclic) bond motifs is 9. The molecule has 0 bridgehead atoms. The van der Waals surface area contributed by atoms with E-state index in [0.717, 1.165) is 21.9 Å². The molecule has 1 heterocycles. The van der Waals surface area contributed by atoms with Crippen LogP contribution in [0.1, 0.15) is 0 Å². The molecule has 0 atom stereocenters. The van der Waals surface area contributed by atoms with Gasteiger partial charge in [-0.1, -0.05) is 146 Å². The molecule has 0 aliphatic heterocycles. The Morgan fingerprint density at radius 2 is 0.725 bits per heavy atom. The maximum atomic E-state index is 6.20. The Hall–Kier alpha value is -6.70. The van der Waals surface area contributed by atoms with E-state index in [9.17, 15) is 0 Å². The second-order valence-corrected chi connectivity index (χ2v) is 13.6. The minimum absolute atomic E-state index is 0.912. The van der Waals surface area contributed by atoms with E-state index >= 15 is 0 Å². The summed E-state index contributed by atoms with van der Waals surface area (Å²) in [6.07, 6.45) is 0. The first-order valence-electron chi connectivity index (χ1n) is 17.6. The molecule has 0 spiro atoms. The fourth-order valence-corrected chi connectivity index (χ4v) is 8.56. The third kappa shape index (κ3) is 4.22. The molecule has 0 radical (unpaired) electrons. The molecular formula is C50H30O. The van der Waals surface area contributed by atoms with Gasteiger partial charge in [-0.2, -0.15) is 0 Å². The zero-order chi connectivity index (χ0) is 33.5. The summed E-state index contributed by atoms with van der Waals surface area (Å²) in [5, 5.41) is 14.9. The van der Waals surface area contributed by atoms with Crippen LogP contribution in [0.4, 0.5) is 0 Å². The normalized spacial score (nSPS) is 11.9. The first-order valence-corrected chi connectivity index (χ1v) is 17.6. The van der Waals surface area contributed by atoms with Gasteiger partial charge in [-0.3, -0.25) is 0 Å². The van der Waals surface area contributed by atoms with Crippen LogP contribution in [0.3, 0.4) is 0 Å². The fourth-order valence-electron chi connectivity index (χ4n) is 8.56. The predicted molar refractivity (Wildman–Crippen MR) is 218 cm³/mol. The van der Waals surface area contributed by atoms with Crippen molar-refractivity contribution in [3.05, 3.63) is 182 Å². The maximum absolute atomic E-state index is 6.20. The molecule has 0 unspecified atom stereocenters. The molecule has 1 aromatic heterocycles. The van der Waals surface area contributed by atoms with Gasteiger partial charge in [-0.25, -0.2) is 0 Å². The third-order valence-electron chi connectivity index (χ3n) is 10.8. The Balaban J connectivity index is 1.24. The highest BCUT2D eigenvalue weighted by Gasteiger charge is 2.21. The predicted octanol–water partition coefficient (Wildman–Crippen LogP) is 14.4. The molecule has 0 aliphatic carbocycles. The van der Waals surface area contributed by atoms with E-state index in [1.165, 1.54) is 87.2 Å². The second-order valence-electron chi connectivity index (χ2n) is 13.6. The molecule has 0 saturated heterocycles. The smallest absolute Gasteiger partial charge is 0.135 e. The Morgan fingerprint density at radius 3 is 1.39 bits per heavy atom. The van der Waals surface area contributed by atoms with Crippen molar-refractivity contribution in [2.24, 2.45) is 0 Å². The summed E-state index contributed by atoms with van der Waals surface area (Å²) in [7, 11) is 0. The minimum Gasteiger partial charge on any atom is -0.456 e. The Kier molecular flexibility index (Phi) is 6.02. The highest BCUT2D eigenvalue weighted by molar-refractivity contribution is 6.27. The molecule has 0 aliphatic rings. The molecule has 51 heavy (non-hydrogen) atoms. The first kappa shape index (κ1) is 28.2. The van der Waals surface area contributed by atoms with E-state index in [4.69, 9.17) is 4.42 Å². The van der Waals surface area contributed by atoms with Gasteiger partial charge in [0.15, 0.2) is 0 Å². The molecule has 0 amide bonds. The van der Waals surface area contributed by atoms with Crippen molar-refractivity contribution >= 4 is 75.8 Å². The number of furan rings is 1. The van der Waals surface area contributed by atoms with Gasteiger partial charge in [0.25, 0.3) is 0 Å². The van der Waals surface area contributed by atoms with Crippen molar-refractivity contribution in [2.75, 3.05) is 0 Å². The molecule has 1 nitrogen and oxygen atoms in total. The summed E-state index contributed by atoms with van der Waals surface area (Å²) < 4.78 is 6.20. The molecule has 11 aromatic rings. The summed E-state index contributed by atoms with van der Waals surface area (Å²) in [5.41, 5.74) is 9.25. The summed E-state index contributed by atoms with van der Waals surface area (Å²) >= 11 is 0. The van der Waals surface area contributed by atoms with Crippen LogP contribution in [0, 0.1) is 0 Å². The van der Waals surface area contributed by atoms with Crippen molar-refractivity contribution in [2.45, 2.75) is 0 Å². The fraction of sp³-hybridized carbons (Fsp3) is 0. The highest BCUT2D eigenvalue weighted by atomic mass is 16.3. The van der Waals surface area contributed by atoms with E-state index in [1.807, 2.05) is 12.1 Å². The van der Waals surface area contributed by atoms with E-state index in [1.54, 1.807) is 0 Å². The minimum atomic E-state index is 0.912. The van der Waals surface area contributed by atoms with E-state index in [2.05, 4.69) is 170 Å². The monoisotopic (exact) mass is 646 g/mol. The first-order chi connectivity index (χ1) is 25.3. The van der Waals surface area contributed by atoms with Crippen LogP contribution < -0.4 is 0 Å². The van der Waals surface area contributed by atoms with Crippen LogP contribution in [0.25, 0.3) is 109 Å². The second kappa shape index (κ2) is 10.9. The molecule has 10 aromatic carbocycles. The van der Waals surface area contributed by atoms with Gasteiger partial charge in [0.2, 0.25) is 0 Å². The van der Waals surface area contributed by atoms with Gasteiger partial charge in [0, 0.05) is 10.8 Å². The number of rotatable bonds is 3. The van der Waals surface area contributed by atoms with Crippen LogP contribution in [-0.4, -0.2) is 0 Å². The van der Waals surface area contributed by atoms with E-state index < -0.39 is 0 Å². The van der Waals surface area contributed by atoms with Crippen LogP contribution in [0.5, 0.6) is 0 Å². The lowest BCUT2D eigenvalue weighted by atomic mass is 9.82. The van der Waals surface area contributed by atoms with Crippen LogP contribution in [-0.2, 0) is 0 Å². The number of hydrogen-bond acceptors (Lipinski definition) is 1. The SMILES string of the molecule is c1ccc2c(-c3c4ccccc4c(-c4cc5ccccc5c5ccccc45)c4ccccc34)cc(-c3ccc4oc5ccccc5c4c3)cc2c1. The lowest BCUT2D eigenvalue weighted by Crippen LogP contribution is -1.93. The van der Waals surface area contributed by atoms with Gasteiger partial charge in [0.05, 0.1) is 0 Å². The molecule has 1 heteroatoms. The lowest BCUT2D eigenvalue weighted by molar-refractivity contribution is 0.669. The van der Waals surface area contributed by atoms with E-state index in [-0.39, 0.29) is 0 Å². The van der Waals surface area contributed by atoms with Gasteiger partial charge in [-0.05, 0) is 124 Å². The molecule has 11 rings (SSSR count). The van der Waals surface area contributed by atoms with Gasteiger partial charge >= 0.3 is 0 Å². The van der Waals surface area contributed by atoms with Crippen molar-refractivity contribution in [3.63, 3.8) is 0 Å². The van der Waals surface area contributed by atoms with Crippen LogP contribution in [0.2, 0.25) is 0 Å². The van der Waals surface area contributed by atoms with E-state index in [0.29, 0.717) is 0 Å². The summed E-state index contributed by atoms with van der Waals surface area (Å²) in [4.78, 5) is 0. The highest BCUT2D eigenvalue weighted by Crippen LogP contribution is 2.48. The van der Waals surface area contributed by atoms with Crippen molar-refractivity contribution in [1.29, 1.82) is 0 Å². The molecule has 0 fully saturated rings. The Morgan fingerprint density at radius 1 is 0.255 bits per heavy atom. The molecular weight excluding hydrogens is 617 g/mol. The van der Waals surface area contributed by atoms with Gasteiger partial charge < -0.3 is 4.42 Å². The zero-order valence-electron chi connectivity index (χ0n) is 27.7. The lowest BCUT2D eigenvalue weighted by Gasteiger charge is -2.21. The standard InChI is InChI=1S/C50H30O/c1-4-16-36-32(13-1)27-34(31-25-26-48-44(28-31)39-19-11-12-24-47(39)51-48)30-45(36)49-40-20-7-9-22-42(40)50(43-23-10-8-21-41(43)49)46-29-33-14-2-3-15-35(33)37-17-5-6-18-38(37)46/h1-30H. The maximum Gasteiger partial charge on any atom is 0.135 e.